The number of hydrogen-bond acceptors (Lipinski definition) is 4. The molecule has 86 valence electrons. The van der Waals surface area contributed by atoms with Crippen LogP contribution in [-0.2, 0) is 9.53 Å². The van der Waals surface area contributed by atoms with Crippen molar-refractivity contribution in [2.24, 2.45) is 11.7 Å². The third kappa shape index (κ3) is 2.49. The molecule has 0 radical (unpaired) electrons. The minimum Gasteiger partial charge on any atom is -0.379 e. The van der Waals surface area contributed by atoms with Crippen LogP contribution < -0.4 is 11.1 Å². The minimum atomic E-state index is -0.308. The van der Waals surface area contributed by atoms with E-state index in [0.717, 1.165) is 0 Å². The molecule has 1 aliphatic heterocycles. The summed E-state index contributed by atoms with van der Waals surface area (Å²) in [7, 11) is 0. The van der Waals surface area contributed by atoms with Gasteiger partial charge in [-0.1, -0.05) is 11.6 Å². The molecule has 0 spiro atoms. The van der Waals surface area contributed by atoms with Gasteiger partial charge in [0, 0.05) is 12.2 Å². The third-order valence-electron chi connectivity index (χ3n) is 2.44. The number of halogens is 1. The molecular weight excluding hydrogens is 230 g/mol. The quantitative estimate of drug-likeness (QED) is 0.797. The topological polar surface area (TPSA) is 77.2 Å². The summed E-state index contributed by atoms with van der Waals surface area (Å²) < 4.78 is 5.12. The number of nitrogens with two attached hydrogens (primary N) is 1. The molecule has 16 heavy (non-hydrogen) atoms. The van der Waals surface area contributed by atoms with E-state index in [1.807, 2.05) is 0 Å². The zero-order chi connectivity index (χ0) is 11.5. The molecule has 3 N–H and O–H groups in total. The first-order chi connectivity index (χ1) is 7.66. The maximum absolute atomic E-state index is 11.8. The Bertz CT molecular complexity index is 382. The van der Waals surface area contributed by atoms with E-state index < -0.39 is 0 Å². The summed E-state index contributed by atoms with van der Waals surface area (Å²) in [6, 6.07) is 3.06. The van der Waals surface area contributed by atoms with Gasteiger partial charge in [-0.2, -0.15) is 0 Å². The van der Waals surface area contributed by atoms with Crippen LogP contribution in [0.1, 0.15) is 0 Å². The standard InChI is InChI=1S/C10H12ClN3O2/c11-6-1-2-9(13-3-6)14-10(15)7-4-16-5-8(7)12/h1-3,7-8H,4-5,12H2,(H,13,14,15). The van der Waals surface area contributed by atoms with Crippen LogP contribution in [0, 0.1) is 5.92 Å². The number of ether oxygens (including phenoxy) is 1. The zero-order valence-electron chi connectivity index (χ0n) is 8.52. The molecular formula is C10H12ClN3O2. The molecule has 1 amide bonds. The Morgan fingerprint density at radius 2 is 2.38 bits per heavy atom. The first kappa shape index (κ1) is 11.3. The van der Waals surface area contributed by atoms with Crippen LogP contribution in [-0.4, -0.2) is 30.1 Å². The molecule has 2 atom stereocenters. The molecule has 1 saturated heterocycles. The highest BCUT2D eigenvalue weighted by atomic mass is 35.5. The number of aromatic nitrogens is 1. The maximum Gasteiger partial charge on any atom is 0.232 e. The number of rotatable bonds is 2. The van der Waals surface area contributed by atoms with Crippen molar-refractivity contribution in [3.05, 3.63) is 23.4 Å². The van der Waals surface area contributed by atoms with Gasteiger partial charge in [-0.3, -0.25) is 4.79 Å². The first-order valence-corrected chi connectivity index (χ1v) is 5.30. The van der Waals surface area contributed by atoms with Crippen LogP contribution in [0.25, 0.3) is 0 Å². The van der Waals surface area contributed by atoms with E-state index >= 15 is 0 Å². The van der Waals surface area contributed by atoms with Crippen molar-refractivity contribution < 1.29 is 9.53 Å². The van der Waals surface area contributed by atoms with E-state index in [2.05, 4.69) is 10.3 Å². The number of carbonyl (C=O) groups excluding carboxylic acids is 1. The molecule has 2 heterocycles. The zero-order valence-corrected chi connectivity index (χ0v) is 9.28. The van der Waals surface area contributed by atoms with Gasteiger partial charge in [-0.05, 0) is 12.1 Å². The van der Waals surface area contributed by atoms with Crippen molar-refractivity contribution >= 4 is 23.3 Å². The van der Waals surface area contributed by atoms with Gasteiger partial charge in [0.2, 0.25) is 5.91 Å². The monoisotopic (exact) mass is 241 g/mol. The molecule has 1 aliphatic rings. The minimum absolute atomic E-state index is 0.167. The largest absolute Gasteiger partial charge is 0.379 e. The number of amides is 1. The van der Waals surface area contributed by atoms with Crippen LogP contribution in [0.3, 0.4) is 0 Å². The van der Waals surface area contributed by atoms with Crippen LogP contribution in [0.4, 0.5) is 5.82 Å². The summed E-state index contributed by atoms with van der Waals surface area (Å²) in [4.78, 5) is 15.7. The highest BCUT2D eigenvalue weighted by Crippen LogP contribution is 2.15. The van der Waals surface area contributed by atoms with E-state index in [9.17, 15) is 4.79 Å². The first-order valence-electron chi connectivity index (χ1n) is 4.92. The molecule has 6 heteroatoms. The van der Waals surface area contributed by atoms with Gasteiger partial charge >= 0.3 is 0 Å². The Balaban J connectivity index is 1.99. The Kier molecular flexibility index (Phi) is 3.38. The lowest BCUT2D eigenvalue weighted by atomic mass is 10.0. The lowest BCUT2D eigenvalue weighted by Crippen LogP contribution is -2.37. The highest BCUT2D eigenvalue weighted by molar-refractivity contribution is 6.30. The molecule has 2 rings (SSSR count). The number of anilines is 1. The molecule has 1 aromatic heterocycles. The molecule has 2 unspecified atom stereocenters. The number of hydrogen-bond donors (Lipinski definition) is 2. The van der Waals surface area contributed by atoms with Gasteiger partial charge in [0.15, 0.2) is 0 Å². The van der Waals surface area contributed by atoms with Crippen molar-refractivity contribution in [3.8, 4) is 0 Å². The number of nitrogens with zero attached hydrogens (tertiary/aromatic N) is 1. The Labute approximate surface area is 97.9 Å². The highest BCUT2D eigenvalue weighted by Gasteiger charge is 2.31. The van der Waals surface area contributed by atoms with Crippen molar-refractivity contribution in [1.82, 2.24) is 4.98 Å². The fourth-order valence-corrected chi connectivity index (χ4v) is 1.62. The van der Waals surface area contributed by atoms with E-state index in [-0.39, 0.29) is 17.9 Å². The van der Waals surface area contributed by atoms with E-state index in [1.165, 1.54) is 6.20 Å². The summed E-state index contributed by atoms with van der Waals surface area (Å²) in [5.41, 5.74) is 5.73. The lowest BCUT2D eigenvalue weighted by Gasteiger charge is -2.12. The lowest BCUT2D eigenvalue weighted by molar-refractivity contribution is -0.120. The molecule has 0 aromatic carbocycles. The summed E-state index contributed by atoms with van der Waals surface area (Å²) in [5.74, 6) is -0.00852. The second kappa shape index (κ2) is 4.78. The molecule has 0 bridgehead atoms. The second-order valence-corrected chi connectivity index (χ2v) is 4.10. The normalized spacial score (nSPS) is 24.4. The molecule has 0 saturated carbocycles. The number of nitrogens with one attached hydrogen (secondary N) is 1. The Hall–Kier alpha value is -1.17. The molecule has 5 nitrogen and oxygen atoms in total. The van der Waals surface area contributed by atoms with Crippen molar-refractivity contribution in [2.45, 2.75) is 6.04 Å². The Morgan fingerprint density at radius 3 is 2.94 bits per heavy atom. The van der Waals surface area contributed by atoms with Crippen molar-refractivity contribution in [3.63, 3.8) is 0 Å². The van der Waals surface area contributed by atoms with Crippen LogP contribution in [0.2, 0.25) is 5.02 Å². The van der Waals surface area contributed by atoms with Crippen LogP contribution >= 0.6 is 11.6 Å². The predicted octanol–water partition coefficient (Wildman–Crippen LogP) is 0.647. The van der Waals surface area contributed by atoms with Crippen LogP contribution in [0.15, 0.2) is 18.3 Å². The SMILES string of the molecule is NC1COCC1C(=O)Nc1ccc(Cl)cn1. The second-order valence-electron chi connectivity index (χ2n) is 3.66. The molecule has 1 aromatic rings. The van der Waals surface area contributed by atoms with E-state index in [1.54, 1.807) is 12.1 Å². The van der Waals surface area contributed by atoms with Crippen LogP contribution in [0.5, 0.6) is 0 Å². The van der Waals surface area contributed by atoms with E-state index in [0.29, 0.717) is 24.1 Å². The molecule has 1 fully saturated rings. The van der Waals surface area contributed by atoms with Gasteiger partial charge in [-0.25, -0.2) is 4.98 Å². The Morgan fingerprint density at radius 1 is 1.56 bits per heavy atom. The van der Waals surface area contributed by atoms with Crippen molar-refractivity contribution in [2.75, 3.05) is 18.5 Å². The predicted molar refractivity (Wildman–Crippen MR) is 60.2 cm³/mol. The van der Waals surface area contributed by atoms with E-state index in [4.69, 9.17) is 22.1 Å². The fourth-order valence-electron chi connectivity index (χ4n) is 1.51. The van der Waals surface area contributed by atoms with Gasteiger partial charge in [-0.15, -0.1) is 0 Å². The summed E-state index contributed by atoms with van der Waals surface area (Å²) in [6.45, 7) is 0.784. The summed E-state index contributed by atoms with van der Waals surface area (Å²) >= 11 is 5.68. The molecule has 0 aliphatic carbocycles. The average Bonchev–Trinajstić information content (AvgIpc) is 2.68. The van der Waals surface area contributed by atoms with Crippen molar-refractivity contribution in [1.29, 1.82) is 0 Å². The number of carbonyl (C=O) groups is 1. The average molecular weight is 242 g/mol. The fraction of sp³-hybridized carbons (Fsp3) is 0.400. The number of pyridine rings is 1. The maximum atomic E-state index is 11.8. The smallest absolute Gasteiger partial charge is 0.232 e. The van der Waals surface area contributed by atoms with Gasteiger partial charge in [0.1, 0.15) is 5.82 Å². The summed E-state index contributed by atoms with van der Waals surface area (Å²) in [6.07, 6.45) is 1.47. The van der Waals surface area contributed by atoms with Gasteiger partial charge in [0.05, 0.1) is 24.2 Å². The third-order valence-corrected chi connectivity index (χ3v) is 2.66. The van der Waals surface area contributed by atoms with Gasteiger partial charge < -0.3 is 15.8 Å². The van der Waals surface area contributed by atoms with Gasteiger partial charge in [0.25, 0.3) is 0 Å². The summed E-state index contributed by atoms with van der Waals surface area (Å²) in [5, 5.41) is 3.20.